The second-order valence-electron chi connectivity index (χ2n) is 5.16. The Morgan fingerprint density at radius 1 is 1.27 bits per heavy atom. The second-order valence-corrected chi connectivity index (χ2v) is 5.84. The number of hydrogen-bond acceptors (Lipinski definition) is 3. The number of allylic oxidation sites excluding steroid dienone is 7. The smallest absolute Gasteiger partial charge is 0.126 e. The topological polar surface area (TPSA) is 29.4 Å². The molecule has 2 nitrogen and oxygen atoms in total. The highest BCUT2D eigenvalue weighted by Gasteiger charge is 2.12. The van der Waals surface area contributed by atoms with E-state index in [1.54, 1.807) is 5.55 Å². The molecular weight excluding hydrogens is 290 g/mol. The summed E-state index contributed by atoms with van der Waals surface area (Å²) in [5.41, 5.74) is 6.48. The molecule has 116 valence electrons. The highest BCUT2D eigenvalue weighted by molar-refractivity contribution is 8.11. The van der Waals surface area contributed by atoms with Crippen LogP contribution in [0.2, 0.25) is 0 Å². The summed E-state index contributed by atoms with van der Waals surface area (Å²) in [4.78, 5) is 15.0. The maximum atomic E-state index is 10.8. The van der Waals surface area contributed by atoms with Gasteiger partial charge in [-0.15, -0.1) is 11.8 Å². The van der Waals surface area contributed by atoms with Gasteiger partial charge in [-0.1, -0.05) is 56.5 Å². The molecule has 0 aliphatic heterocycles. The quantitative estimate of drug-likeness (QED) is 0.272. The minimum Gasteiger partial charge on any atom is -0.303 e. The highest BCUT2D eigenvalue weighted by Crippen LogP contribution is 2.27. The van der Waals surface area contributed by atoms with Gasteiger partial charge in [-0.2, -0.15) is 0 Å². The second kappa shape index (κ2) is 9.21. The third-order valence-electron chi connectivity index (χ3n) is 3.55. The maximum absolute atomic E-state index is 10.8. The molecule has 1 atom stereocenters. The maximum Gasteiger partial charge on any atom is 0.126 e. The van der Waals surface area contributed by atoms with E-state index in [4.69, 9.17) is 0 Å². The Morgan fingerprint density at radius 3 is 2.55 bits per heavy atom. The Kier molecular flexibility index (Phi) is 7.61. The van der Waals surface area contributed by atoms with Crippen molar-refractivity contribution in [1.82, 2.24) is 0 Å². The van der Waals surface area contributed by atoms with Crippen LogP contribution in [0.5, 0.6) is 0 Å². The molecule has 1 aliphatic rings. The van der Waals surface area contributed by atoms with Crippen molar-refractivity contribution in [3.05, 3.63) is 72.0 Å². The fourth-order valence-corrected chi connectivity index (χ4v) is 2.22. The minimum absolute atomic E-state index is 0.000920. The summed E-state index contributed by atoms with van der Waals surface area (Å²) in [6.07, 6.45) is 12.7. The van der Waals surface area contributed by atoms with Crippen molar-refractivity contribution in [2.24, 2.45) is 10.9 Å². The van der Waals surface area contributed by atoms with E-state index in [0.29, 0.717) is 5.70 Å². The van der Waals surface area contributed by atoms with E-state index < -0.39 is 0 Å². The van der Waals surface area contributed by atoms with Crippen molar-refractivity contribution in [1.29, 1.82) is 0 Å². The van der Waals surface area contributed by atoms with E-state index in [0.717, 1.165) is 30.3 Å². The number of aldehydes is 1. The van der Waals surface area contributed by atoms with E-state index in [1.807, 2.05) is 31.4 Å². The molecule has 0 aromatic carbocycles. The van der Waals surface area contributed by atoms with E-state index in [2.05, 4.69) is 30.8 Å². The lowest BCUT2D eigenvalue weighted by Gasteiger charge is -2.17. The van der Waals surface area contributed by atoms with Gasteiger partial charge in [0.1, 0.15) is 6.29 Å². The van der Waals surface area contributed by atoms with Crippen LogP contribution in [0.25, 0.3) is 0 Å². The molecule has 0 fully saturated rings. The molecule has 3 heteroatoms. The van der Waals surface area contributed by atoms with Crippen LogP contribution in [-0.2, 0) is 4.79 Å². The number of carbonyl (C=O) groups is 1. The van der Waals surface area contributed by atoms with Gasteiger partial charge in [0.2, 0.25) is 0 Å². The van der Waals surface area contributed by atoms with Crippen molar-refractivity contribution in [2.75, 3.05) is 6.26 Å². The summed E-state index contributed by atoms with van der Waals surface area (Å²) in [5.74, 6) is -0.000920. The Bertz CT molecular complexity index is 591. The first-order chi connectivity index (χ1) is 10.5. The van der Waals surface area contributed by atoms with Crippen molar-refractivity contribution in [3.8, 4) is 0 Å². The normalized spacial score (nSPS) is 16.3. The molecule has 0 aromatic rings. The number of hydrogen-bond donors (Lipinski definition) is 0. The molecule has 22 heavy (non-hydrogen) atoms. The molecule has 1 aliphatic carbocycles. The molecular formula is C19H23NOS. The lowest BCUT2D eigenvalue weighted by Crippen LogP contribution is -2.04. The lowest BCUT2D eigenvalue weighted by atomic mass is 9.88. The van der Waals surface area contributed by atoms with Crippen LogP contribution in [0.3, 0.4) is 0 Å². The van der Waals surface area contributed by atoms with Gasteiger partial charge in [-0.05, 0) is 35.8 Å². The van der Waals surface area contributed by atoms with Crippen LogP contribution in [0, 0.1) is 5.92 Å². The zero-order valence-corrected chi connectivity index (χ0v) is 14.2. The van der Waals surface area contributed by atoms with Gasteiger partial charge in [0.25, 0.3) is 0 Å². The van der Waals surface area contributed by atoms with Crippen LogP contribution in [0.1, 0.15) is 19.8 Å². The molecule has 1 rings (SSSR count). The third-order valence-corrected chi connectivity index (χ3v) is 3.87. The van der Waals surface area contributed by atoms with Crippen LogP contribution in [0.15, 0.2) is 77.0 Å². The largest absolute Gasteiger partial charge is 0.303 e. The van der Waals surface area contributed by atoms with Gasteiger partial charge in [0.05, 0.1) is 11.2 Å². The molecule has 0 saturated heterocycles. The molecule has 0 aromatic heterocycles. The number of aliphatic imine (C=N–C) groups is 1. The third kappa shape index (κ3) is 5.49. The van der Waals surface area contributed by atoms with Crippen LogP contribution >= 0.6 is 11.8 Å². The number of rotatable bonds is 8. The van der Waals surface area contributed by atoms with Crippen LogP contribution in [0.4, 0.5) is 0 Å². The van der Waals surface area contributed by atoms with Gasteiger partial charge < -0.3 is 4.79 Å². The summed E-state index contributed by atoms with van der Waals surface area (Å²) in [7, 11) is 0. The van der Waals surface area contributed by atoms with Gasteiger partial charge in [0.15, 0.2) is 0 Å². The van der Waals surface area contributed by atoms with E-state index in [9.17, 15) is 4.79 Å². The summed E-state index contributed by atoms with van der Waals surface area (Å²) >= 11 is 1.52. The van der Waals surface area contributed by atoms with E-state index in [1.165, 1.54) is 22.9 Å². The van der Waals surface area contributed by atoms with Crippen molar-refractivity contribution in [2.45, 2.75) is 19.8 Å². The van der Waals surface area contributed by atoms with E-state index in [-0.39, 0.29) is 5.92 Å². The fraction of sp³-hybridized carbons (Fsp3) is 0.263. The van der Waals surface area contributed by atoms with Gasteiger partial charge >= 0.3 is 0 Å². The lowest BCUT2D eigenvalue weighted by molar-refractivity contribution is -0.109. The predicted molar refractivity (Wildman–Crippen MR) is 99.2 cm³/mol. The average Bonchev–Trinajstić information content (AvgIpc) is 2.56. The average molecular weight is 313 g/mol. The minimum atomic E-state index is -0.000920. The zero-order valence-electron chi connectivity index (χ0n) is 13.3. The summed E-state index contributed by atoms with van der Waals surface area (Å²) < 4.78 is 0. The molecule has 0 amide bonds. The Balaban J connectivity index is 2.68. The summed E-state index contributed by atoms with van der Waals surface area (Å²) in [6, 6.07) is 0. The number of thioether (sulfide) groups is 1. The molecule has 0 radical (unpaired) electrons. The van der Waals surface area contributed by atoms with Gasteiger partial charge in [-0.3, -0.25) is 4.99 Å². The van der Waals surface area contributed by atoms with Crippen molar-refractivity contribution >= 4 is 23.6 Å². The molecule has 0 bridgehead atoms. The molecule has 0 spiro atoms. The van der Waals surface area contributed by atoms with Gasteiger partial charge in [-0.25, -0.2) is 0 Å². The monoisotopic (exact) mass is 313 g/mol. The first-order valence-electron chi connectivity index (χ1n) is 7.15. The summed E-state index contributed by atoms with van der Waals surface area (Å²) in [5, 5.41) is 0. The standard InChI is InChI=1S/C19H23NOS/c1-14(17(4)20-13-22-5)6-7-15(2)18-8-10-19(11-9-18)16(3)12-21/h6-8,10,12-13,16H,1-2,4,9,11H2,3,5H3/b7-6-,20-13?. The van der Waals surface area contributed by atoms with Crippen molar-refractivity contribution in [3.63, 3.8) is 0 Å². The molecule has 0 saturated carbocycles. The Morgan fingerprint density at radius 2 is 2.00 bits per heavy atom. The number of nitrogens with zero attached hydrogens (tertiary/aromatic N) is 1. The zero-order chi connectivity index (χ0) is 16.5. The predicted octanol–water partition coefficient (Wildman–Crippen LogP) is 5.04. The Hall–Kier alpha value is -1.87. The Labute approximate surface area is 137 Å². The summed E-state index contributed by atoms with van der Waals surface area (Å²) in [6.45, 7) is 13.8. The molecule has 1 unspecified atom stereocenters. The highest BCUT2D eigenvalue weighted by atomic mass is 32.2. The van der Waals surface area contributed by atoms with Gasteiger partial charge in [0, 0.05) is 5.92 Å². The first kappa shape index (κ1) is 18.2. The fourth-order valence-electron chi connectivity index (χ4n) is 1.99. The molecule has 0 heterocycles. The van der Waals surface area contributed by atoms with Crippen LogP contribution in [-0.4, -0.2) is 18.1 Å². The van der Waals surface area contributed by atoms with Crippen molar-refractivity contribution < 1.29 is 4.79 Å². The SMILES string of the molecule is C=C(/C=C\C(=C)C1=CC=C(C(C)C=O)CC1)C(=C)N=CSC. The first-order valence-corrected chi connectivity index (χ1v) is 8.44. The van der Waals surface area contributed by atoms with E-state index >= 15 is 0 Å². The number of carbonyl (C=O) groups excluding carboxylic acids is 1. The van der Waals surface area contributed by atoms with Crippen LogP contribution < -0.4 is 0 Å². The molecule has 0 N–H and O–H groups in total.